The summed E-state index contributed by atoms with van der Waals surface area (Å²) in [5.74, 6) is 0.976. The van der Waals surface area contributed by atoms with E-state index in [1.165, 1.54) is 7.11 Å². The monoisotopic (exact) mass is 320 g/mol. The van der Waals surface area contributed by atoms with E-state index in [9.17, 15) is 9.59 Å². The van der Waals surface area contributed by atoms with Crippen molar-refractivity contribution in [3.05, 3.63) is 18.2 Å². The van der Waals surface area contributed by atoms with E-state index in [2.05, 4.69) is 5.32 Å². The summed E-state index contributed by atoms with van der Waals surface area (Å²) in [5.41, 5.74) is 0.662. The van der Waals surface area contributed by atoms with Crippen molar-refractivity contribution in [3.63, 3.8) is 0 Å². The number of rotatable bonds is 2. The van der Waals surface area contributed by atoms with Crippen molar-refractivity contribution < 1.29 is 23.8 Å². The molecular weight excluding hydrogens is 300 g/mol. The molecule has 3 rings (SSSR count). The van der Waals surface area contributed by atoms with Gasteiger partial charge < -0.3 is 24.4 Å². The molecule has 7 heteroatoms. The maximum absolute atomic E-state index is 12.4. The molecule has 1 N–H and O–H groups in total. The summed E-state index contributed by atoms with van der Waals surface area (Å²) >= 11 is 0. The maximum atomic E-state index is 12.4. The van der Waals surface area contributed by atoms with Crippen molar-refractivity contribution in [2.24, 2.45) is 5.92 Å². The van der Waals surface area contributed by atoms with Crippen LogP contribution in [0.25, 0.3) is 0 Å². The number of likely N-dealkylation sites (tertiary alicyclic amines) is 1. The van der Waals surface area contributed by atoms with E-state index in [1.807, 2.05) is 0 Å². The number of hydrogen-bond donors (Lipinski definition) is 1. The predicted molar refractivity (Wildman–Crippen MR) is 82.8 cm³/mol. The SMILES string of the molecule is COC(=O)N1CCCC(C(=O)Nc2ccc3c(c2)OCCO3)C1. The van der Waals surface area contributed by atoms with Gasteiger partial charge >= 0.3 is 6.09 Å². The number of nitrogens with zero attached hydrogens (tertiary/aromatic N) is 1. The molecule has 1 fully saturated rings. The van der Waals surface area contributed by atoms with Gasteiger partial charge in [0, 0.05) is 24.8 Å². The predicted octanol–water partition coefficient (Wildman–Crippen LogP) is 1.87. The molecule has 0 saturated carbocycles. The minimum atomic E-state index is -0.387. The summed E-state index contributed by atoms with van der Waals surface area (Å²) in [6, 6.07) is 5.32. The molecule has 1 atom stereocenters. The normalized spacial score (nSPS) is 19.9. The number of carbonyl (C=O) groups excluding carboxylic acids is 2. The number of anilines is 1. The highest BCUT2D eigenvalue weighted by Crippen LogP contribution is 2.33. The summed E-state index contributed by atoms with van der Waals surface area (Å²) < 4.78 is 15.7. The first-order chi connectivity index (χ1) is 11.2. The van der Waals surface area contributed by atoms with Crippen molar-refractivity contribution in [2.75, 3.05) is 38.7 Å². The number of piperidine rings is 1. The summed E-state index contributed by atoms with van der Waals surface area (Å²) in [4.78, 5) is 25.6. The summed E-state index contributed by atoms with van der Waals surface area (Å²) in [6.07, 6.45) is 1.15. The fourth-order valence-corrected chi connectivity index (χ4v) is 2.85. The molecule has 2 heterocycles. The van der Waals surface area contributed by atoms with Gasteiger partial charge in [0.25, 0.3) is 0 Å². The van der Waals surface area contributed by atoms with Crippen LogP contribution >= 0.6 is 0 Å². The van der Waals surface area contributed by atoms with Crippen LogP contribution in [-0.4, -0.2) is 50.3 Å². The van der Waals surface area contributed by atoms with Gasteiger partial charge in [0.2, 0.25) is 5.91 Å². The number of nitrogens with one attached hydrogen (secondary N) is 1. The van der Waals surface area contributed by atoms with Crippen LogP contribution in [0.15, 0.2) is 18.2 Å². The molecule has 1 aromatic carbocycles. The molecule has 2 aliphatic heterocycles. The third-order valence-corrected chi connectivity index (χ3v) is 4.03. The third kappa shape index (κ3) is 3.49. The lowest BCUT2D eigenvalue weighted by atomic mass is 9.97. The van der Waals surface area contributed by atoms with Crippen LogP contribution in [0.1, 0.15) is 12.8 Å². The largest absolute Gasteiger partial charge is 0.486 e. The Labute approximate surface area is 134 Å². The quantitative estimate of drug-likeness (QED) is 0.900. The summed E-state index contributed by atoms with van der Waals surface area (Å²) in [5, 5.41) is 2.89. The van der Waals surface area contributed by atoms with E-state index in [-0.39, 0.29) is 17.9 Å². The van der Waals surface area contributed by atoms with Gasteiger partial charge in [-0.3, -0.25) is 4.79 Å². The minimum Gasteiger partial charge on any atom is -0.486 e. The van der Waals surface area contributed by atoms with Crippen molar-refractivity contribution in [2.45, 2.75) is 12.8 Å². The van der Waals surface area contributed by atoms with Crippen LogP contribution in [0, 0.1) is 5.92 Å². The van der Waals surface area contributed by atoms with E-state index in [4.69, 9.17) is 14.2 Å². The van der Waals surface area contributed by atoms with E-state index < -0.39 is 0 Å². The Balaban J connectivity index is 1.63. The Morgan fingerprint density at radius 2 is 2.04 bits per heavy atom. The number of methoxy groups -OCH3 is 1. The molecule has 2 aliphatic rings. The average Bonchev–Trinajstić information content (AvgIpc) is 2.61. The van der Waals surface area contributed by atoms with E-state index in [0.29, 0.717) is 43.5 Å². The second-order valence-corrected chi connectivity index (χ2v) is 5.60. The lowest BCUT2D eigenvalue weighted by Gasteiger charge is -2.30. The van der Waals surface area contributed by atoms with Crippen molar-refractivity contribution in [1.29, 1.82) is 0 Å². The Bertz CT molecular complexity index is 604. The molecule has 1 unspecified atom stereocenters. The van der Waals surface area contributed by atoms with Gasteiger partial charge in [-0.2, -0.15) is 0 Å². The van der Waals surface area contributed by atoms with E-state index in [1.54, 1.807) is 23.1 Å². The third-order valence-electron chi connectivity index (χ3n) is 4.03. The first-order valence-corrected chi connectivity index (χ1v) is 7.71. The van der Waals surface area contributed by atoms with Gasteiger partial charge in [-0.1, -0.05) is 0 Å². The molecule has 1 saturated heterocycles. The Morgan fingerprint density at radius 1 is 1.26 bits per heavy atom. The number of amides is 2. The minimum absolute atomic E-state index is 0.102. The molecule has 0 radical (unpaired) electrons. The number of hydrogen-bond acceptors (Lipinski definition) is 5. The molecule has 0 bridgehead atoms. The van der Waals surface area contributed by atoms with Gasteiger partial charge in [-0.05, 0) is 25.0 Å². The van der Waals surface area contributed by atoms with Crippen LogP contribution in [0.4, 0.5) is 10.5 Å². The Hall–Kier alpha value is -2.44. The summed E-state index contributed by atoms with van der Waals surface area (Å²) in [7, 11) is 1.35. The molecular formula is C16H20N2O5. The highest BCUT2D eigenvalue weighted by atomic mass is 16.6. The average molecular weight is 320 g/mol. The van der Waals surface area contributed by atoms with E-state index in [0.717, 1.165) is 12.8 Å². The number of fused-ring (bicyclic) bond motifs is 1. The molecule has 23 heavy (non-hydrogen) atoms. The highest BCUT2D eigenvalue weighted by Gasteiger charge is 2.29. The highest BCUT2D eigenvalue weighted by molar-refractivity contribution is 5.93. The first kappa shape index (κ1) is 15.5. The second kappa shape index (κ2) is 6.76. The Kier molecular flexibility index (Phi) is 4.55. The van der Waals surface area contributed by atoms with Gasteiger partial charge in [-0.25, -0.2) is 4.79 Å². The molecule has 2 amide bonds. The zero-order valence-electron chi connectivity index (χ0n) is 13.0. The van der Waals surface area contributed by atoms with Crippen LogP contribution in [-0.2, 0) is 9.53 Å². The number of benzene rings is 1. The molecule has 124 valence electrons. The van der Waals surface area contributed by atoms with Crippen LogP contribution in [0.5, 0.6) is 11.5 Å². The molecule has 1 aromatic rings. The Morgan fingerprint density at radius 3 is 2.83 bits per heavy atom. The van der Waals surface area contributed by atoms with Crippen LogP contribution in [0.3, 0.4) is 0 Å². The zero-order valence-corrected chi connectivity index (χ0v) is 13.0. The van der Waals surface area contributed by atoms with Crippen molar-refractivity contribution >= 4 is 17.7 Å². The molecule has 0 spiro atoms. The maximum Gasteiger partial charge on any atom is 0.409 e. The molecule has 7 nitrogen and oxygen atoms in total. The number of carbonyl (C=O) groups is 2. The molecule has 0 aromatic heterocycles. The standard InChI is InChI=1S/C16H20N2O5/c1-21-16(20)18-6-2-3-11(10-18)15(19)17-12-4-5-13-14(9-12)23-8-7-22-13/h4-5,9,11H,2-3,6-8,10H2,1H3,(H,17,19). The number of ether oxygens (including phenoxy) is 3. The van der Waals surface area contributed by atoms with Crippen molar-refractivity contribution in [3.8, 4) is 11.5 Å². The molecule has 0 aliphatic carbocycles. The second-order valence-electron chi connectivity index (χ2n) is 5.60. The van der Waals surface area contributed by atoms with E-state index >= 15 is 0 Å². The van der Waals surface area contributed by atoms with Gasteiger partial charge in [0.1, 0.15) is 13.2 Å². The zero-order chi connectivity index (χ0) is 16.2. The lowest BCUT2D eigenvalue weighted by Crippen LogP contribution is -2.43. The summed E-state index contributed by atoms with van der Waals surface area (Å²) in [6.45, 7) is 2.04. The fourth-order valence-electron chi connectivity index (χ4n) is 2.85. The smallest absolute Gasteiger partial charge is 0.409 e. The lowest BCUT2D eigenvalue weighted by molar-refractivity contribution is -0.121. The topological polar surface area (TPSA) is 77.1 Å². The first-order valence-electron chi connectivity index (χ1n) is 7.71. The van der Waals surface area contributed by atoms with Gasteiger partial charge in [-0.15, -0.1) is 0 Å². The van der Waals surface area contributed by atoms with Gasteiger partial charge in [0.15, 0.2) is 11.5 Å². The fraction of sp³-hybridized carbons (Fsp3) is 0.500. The van der Waals surface area contributed by atoms with Crippen LogP contribution in [0.2, 0.25) is 0 Å². The van der Waals surface area contributed by atoms with Crippen molar-refractivity contribution in [1.82, 2.24) is 4.90 Å². The van der Waals surface area contributed by atoms with Crippen LogP contribution < -0.4 is 14.8 Å². The van der Waals surface area contributed by atoms with Gasteiger partial charge in [0.05, 0.1) is 13.0 Å².